The van der Waals surface area contributed by atoms with Crippen LogP contribution in [0.2, 0.25) is 0 Å². The van der Waals surface area contributed by atoms with Gasteiger partial charge in [-0.1, -0.05) is 5.16 Å². The Morgan fingerprint density at radius 1 is 1.45 bits per heavy atom. The highest BCUT2D eigenvalue weighted by Gasteiger charge is 2.29. The van der Waals surface area contributed by atoms with E-state index < -0.39 is 0 Å². The minimum absolute atomic E-state index is 0.0965. The van der Waals surface area contributed by atoms with Crippen LogP contribution in [0.25, 0.3) is 0 Å². The van der Waals surface area contributed by atoms with Crippen LogP contribution in [-0.2, 0) is 13.0 Å². The zero-order valence-corrected chi connectivity index (χ0v) is 10.7. The van der Waals surface area contributed by atoms with Crippen molar-refractivity contribution in [2.45, 2.75) is 37.9 Å². The van der Waals surface area contributed by atoms with Gasteiger partial charge in [-0.15, -0.1) is 0 Å². The lowest BCUT2D eigenvalue weighted by molar-refractivity contribution is 0.0937. The Balaban J connectivity index is 1.49. The summed E-state index contributed by atoms with van der Waals surface area (Å²) in [5.41, 5.74) is 2.07. The van der Waals surface area contributed by atoms with Crippen molar-refractivity contribution in [3.8, 4) is 0 Å². The molecule has 1 atom stereocenters. The number of nitrogens with zero attached hydrogens (tertiary/aromatic N) is 3. The number of fused-ring (bicyclic) bond motifs is 1. The topological polar surface area (TPSA) is 109 Å². The van der Waals surface area contributed by atoms with Gasteiger partial charge in [-0.2, -0.15) is 4.98 Å². The molecule has 3 heterocycles. The monoisotopic (exact) mass is 274 g/mol. The highest BCUT2D eigenvalue weighted by molar-refractivity contribution is 5.90. The first kappa shape index (κ1) is 11.6. The third-order valence-electron chi connectivity index (χ3n) is 3.59. The molecular formula is C12H14N6O2. The molecule has 1 aliphatic carbocycles. The Kier molecular flexibility index (Phi) is 2.56. The van der Waals surface area contributed by atoms with Crippen LogP contribution in [0.4, 0.5) is 0 Å². The summed E-state index contributed by atoms with van der Waals surface area (Å²) in [4.78, 5) is 23.3. The van der Waals surface area contributed by atoms with Crippen LogP contribution < -0.4 is 10.6 Å². The Morgan fingerprint density at radius 2 is 2.35 bits per heavy atom. The van der Waals surface area contributed by atoms with Crippen LogP contribution in [0.3, 0.4) is 0 Å². The van der Waals surface area contributed by atoms with Crippen LogP contribution in [0, 0.1) is 0 Å². The average Bonchev–Trinajstić information content (AvgIpc) is 2.96. The van der Waals surface area contributed by atoms with E-state index >= 15 is 0 Å². The van der Waals surface area contributed by atoms with E-state index in [9.17, 15) is 4.79 Å². The molecule has 20 heavy (non-hydrogen) atoms. The largest absolute Gasteiger partial charge is 0.347 e. The molecule has 2 aromatic heterocycles. The van der Waals surface area contributed by atoms with Crippen LogP contribution in [0.15, 0.2) is 10.9 Å². The van der Waals surface area contributed by atoms with Crippen molar-refractivity contribution in [3.63, 3.8) is 0 Å². The molecule has 3 N–H and O–H groups in total. The molecular weight excluding hydrogens is 260 g/mol. The molecule has 1 amide bonds. The molecule has 0 saturated heterocycles. The summed E-state index contributed by atoms with van der Waals surface area (Å²) in [7, 11) is 0. The van der Waals surface area contributed by atoms with Crippen molar-refractivity contribution >= 4 is 5.91 Å². The number of hydrogen-bond acceptors (Lipinski definition) is 6. The van der Waals surface area contributed by atoms with Crippen LogP contribution in [0.1, 0.15) is 46.8 Å². The summed E-state index contributed by atoms with van der Waals surface area (Å²) < 4.78 is 5.20. The van der Waals surface area contributed by atoms with E-state index in [1.807, 2.05) is 0 Å². The van der Waals surface area contributed by atoms with E-state index in [1.54, 1.807) is 6.33 Å². The summed E-state index contributed by atoms with van der Waals surface area (Å²) in [6, 6.07) is 0.185. The van der Waals surface area contributed by atoms with E-state index in [-0.39, 0.29) is 23.8 Å². The number of hydrogen-bond donors (Lipinski definition) is 3. The molecule has 1 aliphatic heterocycles. The smallest absolute Gasteiger partial charge is 0.292 e. The maximum atomic E-state index is 11.8. The lowest BCUT2D eigenvalue weighted by Gasteiger charge is -2.19. The van der Waals surface area contributed by atoms with E-state index in [1.165, 1.54) is 0 Å². The second-order valence-electron chi connectivity index (χ2n) is 5.17. The van der Waals surface area contributed by atoms with Gasteiger partial charge in [-0.3, -0.25) is 10.1 Å². The van der Waals surface area contributed by atoms with Crippen molar-refractivity contribution < 1.29 is 9.32 Å². The van der Waals surface area contributed by atoms with Gasteiger partial charge in [-0.25, -0.2) is 4.98 Å². The third-order valence-corrected chi connectivity index (χ3v) is 3.59. The first-order valence-electron chi connectivity index (χ1n) is 6.68. The summed E-state index contributed by atoms with van der Waals surface area (Å²) in [6.07, 6.45) is 4.41. The number of imidazole rings is 1. The second-order valence-corrected chi connectivity index (χ2v) is 5.17. The highest BCUT2D eigenvalue weighted by Crippen LogP contribution is 2.23. The Labute approximate surface area is 114 Å². The Bertz CT molecular complexity index is 644. The van der Waals surface area contributed by atoms with Crippen LogP contribution in [-0.4, -0.2) is 32.1 Å². The normalized spacial score (nSPS) is 21.5. The maximum absolute atomic E-state index is 11.8. The maximum Gasteiger partial charge on any atom is 0.292 e. The van der Waals surface area contributed by atoms with Gasteiger partial charge in [0.2, 0.25) is 5.89 Å². The van der Waals surface area contributed by atoms with E-state index in [2.05, 4.69) is 30.7 Å². The van der Waals surface area contributed by atoms with Gasteiger partial charge in [0.25, 0.3) is 11.7 Å². The number of amides is 1. The molecule has 0 spiro atoms. The first-order chi connectivity index (χ1) is 9.79. The molecule has 4 rings (SSSR count). The molecule has 2 aromatic rings. The number of H-pyrrole nitrogens is 1. The average molecular weight is 274 g/mol. The lowest BCUT2D eigenvalue weighted by Crippen LogP contribution is -2.29. The van der Waals surface area contributed by atoms with Gasteiger partial charge >= 0.3 is 0 Å². The van der Waals surface area contributed by atoms with Crippen molar-refractivity contribution in [1.29, 1.82) is 0 Å². The lowest BCUT2D eigenvalue weighted by atomic mass is 10.1. The van der Waals surface area contributed by atoms with Crippen molar-refractivity contribution in [2.75, 3.05) is 0 Å². The van der Waals surface area contributed by atoms with Crippen LogP contribution in [0.5, 0.6) is 0 Å². The van der Waals surface area contributed by atoms with E-state index in [4.69, 9.17) is 4.52 Å². The number of aromatic nitrogens is 4. The van der Waals surface area contributed by atoms with Gasteiger partial charge in [0.15, 0.2) is 0 Å². The quantitative estimate of drug-likeness (QED) is 0.731. The minimum Gasteiger partial charge on any atom is -0.347 e. The van der Waals surface area contributed by atoms with Crippen molar-refractivity contribution in [1.82, 2.24) is 30.7 Å². The molecule has 8 nitrogen and oxygen atoms in total. The van der Waals surface area contributed by atoms with Gasteiger partial charge in [0, 0.05) is 19.0 Å². The molecule has 8 heteroatoms. The SMILES string of the molecule is O=C(NC1CC1)c1noc(C2Cc3nc[nH]c3CN2)n1. The van der Waals surface area contributed by atoms with Crippen LogP contribution >= 0.6 is 0 Å². The standard InChI is InChI=1S/C12H14N6O2/c19-11(16-6-1-2-6)10-17-12(20-18-10)8-3-7-9(4-13-8)15-5-14-7/h5-6,8,13H,1-4H2,(H,14,15)(H,16,19). The van der Waals surface area contributed by atoms with Gasteiger partial charge in [0.05, 0.1) is 23.8 Å². The number of carbonyl (C=O) groups is 1. The summed E-state index contributed by atoms with van der Waals surface area (Å²) in [5.74, 6) is 0.264. The molecule has 104 valence electrons. The number of nitrogens with one attached hydrogen (secondary N) is 3. The molecule has 1 fully saturated rings. The van der Waals surface area contributed by atoms with E-state index in [0.717, 1.165) is 24.2 Å². The zero-order chi connectivity index (χ0) is 13.5. The Hall–Kier alpha value is -2.22. The van der Waals surface area contributed by atoms with E-state index in [0.29, 0.717) is 18.9 Å². The molecule has 1 saturated carbocycles. The summed E-state index contributed by atoms with van der Waals surface area (Å²) in [5, 5.41) is 9.87. The third kappa shape index (κ3) is 2.07. The number of aromatic amines is 1. The number of rotatable bonds is 3. The zero-order valence-electron chi connectivity index (χ0n) is 10.7. The predicted molar refractivity (Wildman–Crippen MR) is 66.7 cm³/mol. The van der Waals surface area contributed by atoms with Crippen molar-refractivity contribution in [2.24, 2.45) is 0 Å². The summed E-state index contributed by atoms with van der Waals surface area (Å²) >= 11 is 0. The van der Waals surface area contributed by atoms with Gasteiger partial charge in [-0.05, 0) is 12.8 Å². The fourth-order valence-corrected chi connectivity index (χ4v) is 2.29. The second kappa shape index (κ2) is 4.41. The molecule has 1 unspecified atom stereocenters. The summed E-state index contributed by atoms with van der Waals surface area (Å²) in [6.45, 7) is 0.673. The molecule has 0 radical (unpaired) electrons. The highest BCUT2D eigenvalue weighted by atomic mass is 16.5. The fraction of sp³-hybridized carbons (Fsp3) is 0.500. The Morgan fingerprint density at radius 3 is 3.20 bits per heavy atom. The number of carbonyl (C=O) groups excluding carboxylic acids is 1. The predicted octanol–water partition coefficient (Wildman–Crippen LogP) is 0.0719. The molecule has 0 aromatic carbocycles. The van der Waals surface area contributed by atoms with Gasteiger partial charge in [0.1, 0.15) is 0 Å². The molecule has 0 bridgehead atoms. The fourth-order valence-electron chi connectivity index (χ4n) is 2.29. The van der Waals surface area contributed by atoms with Crippen molar-refractivity contribution in [3.05, 3.63) is 29.4 Å². The molecule has 2 aliphatic rings. The first-order valence-corrected chi connectivity index (χ1v) is 6.68. The van der Waals surface area contributed by atoms with Gasteiger partial charge < -0.3 is 14.8 Å². The minimum atomic E-state index is -0.265.